The molecule has 1 unspecified atom stereocenters. The van der Waals surface area contributed by atoms with E-state index in [0.29, 0.717) is 6.61 Å². The first-order valence-electron chi connectivity index (χ1n) is 6.26. The van der Waals surface area contributed by atoms with Crippen molar-refractivity contribution < 1.29 is 14.0 Å². The number of hydrogen-bond donors (Lipinski definition) is 1. The van der Waals surface area contributed by atoms with Crippen LogP contribution in [-0.2, 0) is 14.8 Å². The van der Waals surface area contributed by atoms with Gasteiger partial charge >= 0.3 is 8.25 Å². The summed E-state index contributed by atoms with van der Waals surface area (Å²) in [6.45, 7) is 0.408. The smallest absolute Gasteiger partial charge is 0.316 e. The first-order chi connectivity index (χ1) is 8.79. The molecule has 1 aromatic carbocycles. The van der Waals surface area contributed by atoms with Gasteiger partial charge in [-0.2, -0.15) is 11.8 Å². The maximum atomic E-state index is 10.3. The normalized spacial score (nSPS) is 12.5. The summed E-state index contributed by atoms with van der Waals surface area (Å²) in [6.07, 6.45) is 4.31. The molecule has 0 fully saturated rings. The summed E-state index contributed by atoms with van der Waals surface area (Å²) in [4.78, 5) is 8.45. The third-order valence-corrected chi connectivity index (χ3v) is 4.09. The Morgan fingerprint density at radius 2 is 1.83 bits per heavy atom. The summed E-state index contributed by atoms with van der Waals surface area (Å²) in [5.41, 5.74) is 1.38. The van der Waals surface area contributed by atoms with E-state index in [1.807, 2.05) is 17.8 Å². The number of rotatable bonds is 10. The van der Waals surface area contributed by atoms with E-state index in [9.17, 15) is 4.57 Å². The predicted molar refractivity (Wildman–Crippen MR) is 78.2 cm³/mol. The number of benzene rings is 1. The van der Waals surface area contributed by atoms with Crippen molar-refractivity contribution in [1.29, 1.82) is 0 Å². The highest BCUT2D eigenvalue weighted by atomic mass is 32.2. The zero-order chi connectivity index (χ0) is 13.1. The molecule has 0 saturated carbocycles. The molecule has 1 N–H and O–H groups in total. The molecule has 5 heteroatoms. The van der Waals surface area contributed by atoms with Gasteiger partial charge in [-0.1, -0.05) is 43.2 Å². The molecule has 0 saturated heterocycles. The van der Waals surface area contributed by atoms with Crippen LogP contribution in [0.15, 0.2) is 30.3 Å². The molecule has 0 aliphatic heterocycles. The zero-order valence-corrected chi connectivity index (χ0v) is 12.3. The Kier molecular flexibility index (Phi) is 9.31. The standard InChI is InChI=1S/C13H21O3PS/c14-17(15)16-10-6-1-2-7-11-18-12-13-8-4-3-5-9-13/h3-5,8-9,17H,1-2,6-7,10-12H2,(H,14,15). The van der Waals surface area contributed by atoms with E-state index in [-0.39, 0.29) is 0 Å². The lowest BCUT2D eigenvalue weighted by Gasteiger charge is -2.02. The topological polar surface area (TPSA) is 46.5 Å². The van der Waals surface area contributed by atoms with Gasteiger partial charge in [-0.25, -0.2) is 0 Å². The van der Waals surface area contributed by atoms with Gasteiger partial charge in [-0.3, -0.25) is 4.57 Å². The van der Waals surface area contributed by atoms with Crippen molar-refractivity contribution in [2.45, 2.75) is 31.4 Å². The second-order valence-electron chi connectivity index (χ2n) is 4.07. The minimum absolute atomic E-state index is 0.408. The highest BCUT2D eigenvalue weighted by Crippen LogP contribution is 2.16. The molecule has 0 amide bonds. The number of unbranched alkanes of at least 4 members (excludes halogenated alkanes) is 3. The molecular formula is C13H21O3PS. The van der Waals surface area contributed by atoms with E-state index < -0.39 is 8.25 Å². The van der Waals surface area contributed by atoms with Gasteiger partial charge in [-0.05, 0) is 24.2 Å². The highest BCUT2D eigenvalue weighted by molar-refractivity contribution is 7.98. The summed E-state index contributed by atoms with van der Waals surface area (Å²) in [5.74, 6) is 2.25. The van der Waals surface area contributed by atoms with Gasteiger partial charge in [0.1, 0.15) is 0 Å². The molecule has 0 aliphatic rings. The van der Waals surface area contributed by atoms with Crippen molar-refractivity contribution >= 4 is 20.0 Å². The van der Waals surface area contributed by atoms with Crippen LogP contribution in [0.4, 0.5) is 0 Å². The average molecular weight is 288 g/mol. The molecule has 3 nitrogen and oxygen atoms in total. The summed E-state index contributed by atoms with van der Waals surface area (Å²) < 4.78 is 14.9. The molecule has 1 rings (SSSR count). The molecule has 102 valence electrons. The average Bonchev–Trinajstić information content (AvgIpc) is 2.37. The van der Waals surface area contributed by atoms with E-state index in [2.05, 4.69) is 28.8 Å². The number of hydrogen-bond acceptors (Lipinski definition) is 3. The van der Waals surface area contributed by atoms with Crippen LogP contribution in [0.1, 0.15) is 31.2 Å². The minimum atomic E-state index is -2.72. The summed E-state index contributed by atoms with van der Waals surface area (Å²) >= 11 is 1.96. The molecular weight excluding hydrogens is 267 g/mol. The van der Waals surface area contributed by atoms with Crippen LogP contribution >= 0.6 is 20.0 Å². The van der Waals surface area contributed by atoms with Crippen molar-refractivity contribution in [1.82, 2.24) is 0 Å². The van der Waals surface area contributed by atoms with Gasteiger partial charge in [0.25, 0.3) is 0 Å². The van der Waals surface area contributed by atoms with Gasteiger partial charge in [0.2, 0.25) is 0 Å². The molecule has 1 atom stereocenters. The largest absolute Gasteiger partial charge is 0.326 e. The lowest BCUT2D eigenvalue weighted by Crippen LogP contribution is -1.88. The predicted octanol–water partition coefficient (Wildman–Crippen LogP) is 3.88. The van der Waals surface area contributed by atoms with E-state index >= 15 is 0 Å². The van der Waals surface area contributed by atoms with E-state index in [0.717, 1.165) is 25.0 Å². The third kappa shape index (κ3) is 8.76. The molecule has 0 aliphatic carbocycles. The van der Waals surface area contributed by atoms with Gasteiger partial charge in [0, 0.05) is 5.75 Å². The van der Waals surface area contributed by atoms with Gasteiger partial charge in [-0.15, -0.1) is 0 Å². The van der Waals surface area contributed by atoms with Crippen LogP contribution in [0.25, 0.3) is 0 Å². The Labute approximate surface area is 114 Å². The molecule has 0 heterocycles. The maximum absolute atomic E-state index is 10.3. The second kappa shape index (κ2) is 10.6. The molecule has 0 aromatic heterocycles. The minimum Gasteiger partial charge on any atom is -0.326 e. The van der Waals surface area contributed by atoms with E-state index in [4.69, 9.17) is 4.89 Å². The Morgan fingerprint density at radius 1 is 1.11 bits per heavy atom. The zero-order valence-electron chi connectivity index (χ0n) is 10.5. The van der Waals surface area contributed by atoms with Crippen LogP contribution in [0.5, 0.6) is 0 Å². The van der Waals surface area contributed by atoms with Crippen molar-refractivity contribution in [2.75, 3.05) is 12.4 Å². The van der Waals surface area contributed by atoms with Crippen LogP contribution in [-0.4, -0.2) is 17.3 Å². The number of thioether (sulfide) groups is 1. The Morgan fingerprint density at radius 3 is 2.56 bits per heavy atom. The van der Waals surface area contributed by atoms with Crippen molar-refractivity contribution in [2.24, 2.45) is 0 Å². The Balaban J connectivity index is 1.86. The summed E-state index contributed by atoms with van der Waals surface area (Å²) in [6, 6.07) is 10.5. The van der Waals surface area contributed by atoms with E-state index in [1.165, 1.54) is 17.7 Å². The Bertz CT molecular complexity index is 332. The molecule has 0 bridgehead atoms. The Hall–Kier alpha value is -0.280. The lowest BCUT2D eigenvalue weighted by molar-refractivity contribution is 0.274. The quantitative estimate of drug-likeness (QED) is 0.524. The first-order valence-corrected chi connectivity index (χ1v) is 8.68. The lowest BCUT2D eigenvalue weighted by atomic mass is 10.2. The van der Waals surface area contributed by atoms with Gasteiger partial charge in [0.05, 0.1) is 6.61 Å². The molecule has 0 radical (unpaired) electrons. The van der Waals surface area contributed by atoms with Crippen LogP contribution in [0.3, 0.4) is 0 Å². The molecule has 0 spiro atoms. The fourth-order valence-electron chi connectivity index (χ4n) is 1.58. The summed E-state index contributed by atoms with van der Waals surface area (Å²) in [5, 5.41) is 0. The van der Waals surface area contributed by atoms with Gasteiger partial charge < -0.3 is 9.42 Å². The SMILES string of the molecule is O=[PH](O)OCCCCCCSCc1ccccc1. The van der Waals surface area contributed by atoms with Crippen LogP contribution < -0.4 is 0 Å². The van der Waals surface area contributed by atoms with Crippen molar-refractivity contribution in [3.05, 3.63) is 35.9 Å². The first kappa shape index (κ1) is 15.8. The maximum Gasteiger partial charge on any atom is 0.316 e. The molecule has 18 heavy (non-hydrogen) atoms. The van der Waals surface area contributed by atoms with Crippen LogP contribution in [0.2, 0.25) is 0 Å². The fraction of sp³-hybridized carbons (Fsp3) is 0.538. The van der Waals surface area contributed by atoms with Gasteiger partial charge in [0.15, 0.2) is 0 Å². The summed E-state index contributed by atoms with van der Waals surface area (Å²) in [7, 11) is -2.72. The van der Waals surface area contributed by atoms with E-state index in [1.54, 1.807) is 0 Å². The van der Waals surface area contributed by atoms with Crippen molar-refractivity contribution in [3.63, 3.8) is 0 Å². The third-order valence-electron chi connectivity index (χ3n) is 2.52. The van der Waals surface area contributed by atoms with Crippen LogP contribution in [0, 0.1) is 0 Å². The van der Waals surface area contributed by atoms with Crippen molar-refractivity contribution in [3.8, 4) is 0 Å². The molecule has 1 aromatic rings. The fourth-order valence-corrected chi connectivity index (χ4v) is 2.88. The monoisotopic (exact) mass is 288 g/mol. The highest BCUT2D eigenvalue weighted by Gasteiger charge is 1.95. The second-order valence-corrected chi connectivity index (χ2v) is 5.99.